The molecule has 20 heavy (non-hydrogen) atoms. The first-order chi connectivity index (χ1) is 9.45. The molecule has 1 aromatic carbocycles. The van der Waals surface area contributed by atoms with Gasteiger partial charge in [-0.15, -0.1) is 0 Å². The standard InChI is InChI=1S/C16H21NO3/c1-11(2)10-14(18)17-15(12(3)16(19)20-4)13-8-6-5-7-9-13/h5-10,12,15H,1-4H3,(H,17,18)/t12-,15+/m0/s1. The number of allylic oxidation sites excluding steroid dienone is 1. The number of ether oxygens (including phenoxy) is 1. The molecule has 0 aliphatic carbocycles. The molecule has 0 aliphatic heterocycles. The first kappa shape index (κ1) is 16.0. The molecule has 0 unspecified atom stereocenters. The van der Waals surface area contributed by atoms with Gasteiger partial charge in [0, 0.05) is 6.08 Å². The van der Waals surface area contributed by atoms with Gasteiger partial charge in [0.2, 0.25) is 5.91 Å². The lowest BCUT2D eigenvalue weighted by Gasteiger charge is -2.23. The van der Waals surface area contributed by atoms with Crippen LogP contribution in [0.4, 0.5) is 0 Å². The van der Waals surface area contributed by atoms with E-state index in [0.717, 1.165) is 11.1 Å². The number of benzene rings is 1. The smallest absolute Gasteiger partial charge is 0.310 e. The van der Waals surface area contributed by atoms with E-state index in [1.807, 2.05) is 44.2 Å². The van der Waals surface area contributed by atoms with Crippen molar-refractivity contribution in [2.45, 2.75) is 26.8 Å². The summed E-state index contributed by atoms with van der Waals surface area (Å²) >= 11 is 0. The molecule has 4 nitrogen and oxygen atoms in total. The third kappa shape index (κ3) is 4.53. The zero-order chi connectivity index (χ0) is 15.1. The van der Waals surface area contributed by atoms with Crippen LogP contribution >= 0.6 is 0 Å². The van der Waals surface area contributed by atoms with Crippen LogP contribution in [0.3, 0.4) is 0 Å². The SMILES string of the molecule is COC(=O)[C@@H](C)[C@@H](NC(=O)C=C(C)C)c1ccccc1. The van der Waals surface area contributed by atoms with Crippen molar-refractivity contribution in [3.8, 4) is 0 Å². The number of carbonyl (C=O) groups excluding carboxylic acids is 2. The van der Waals surface area contributed by atoms with Gasteiger partial charge in [-0.2, -0.15) is 0 Å². The van der Waals surface area contributed by atoms with Crippen molar-refractivity contribution in [2.75, 3.05) is 7.11 Å². The predicted octanol–water partition coefficient (Wildman–Crippen LogP) is 2.62. The number of esters is 1. The summed E-state index contributed by atoms with van der Waals surface area (Å²) in [5, 5.41) is 2.86. The number of carbonyl (C=O) groups is 2. The summed E-state index contributed by atoms with van der Waals surface area (Å²) in [6, 6.07) is 8.99. The van der Waals surface area contributed by atoms with Crippen molar-refractivity contribution in [1.29, 1.82) is 0 Å². The van der Waals surface area contributed by atoms with Crippen molar-refractivity contribution in [2.24, 2.45) is 5.92 Å². The zero-order valence-electron chi connectivity index (χ0n) is 12.3. The van der Waals surface area contributed by atoms with E-state index >= 15 is 0 Å². The highest BCUT2D eigenvalue weighted by Crippen LogP contribution is 2.23. The van der Waals surface area contributed by atoms with Gasteiger partial charge in [0.25, 0.3) is 0 Å². The average Bonchev–Trinajstić information content (AvgIpc) is 2.43. The van der Waals surface area contributed by atoms with E-state index in [1.165, 1.54) is 13.2 Å². The average molecular weight is 275 g/mol. The molecule has 4 heteroatoms. The highest BCUT2D eigenvalue weighted by Gasteiger charge is 2.27. The Morgan fingerprint density at radius 1 is 1.20 bits per heavy atom. The highest BCUT2D eigenvalue weighted by atomic mass is 16.5. The fraction of sp³-hybridized carbons (Fsp3) is 0.375. The molecule has 0 saturated heterocycles. The Morgan fingerprint density at radius 2 is 1.80 bits per heavy atom. The molecule has 2 atom stereocenters. The Balaban J connectivity index is 2.99. The van der Waals surface area contributed by atoms with Gasteiger partial charge < -0.3 is 10.1 Å². The Morgan fingerprint density at radius 3 is 2.30 bits per heavy atom. The van der Waals surface area contributed by atoms with E-state index in [9.17, 15) is 9.59 Å². The summed E-state index contributed by atoms with van der Waals surface area (Å²) in [5.41, 5.74) is 1.78. The lowest BCUT2D eigenvalue weighted by molar-refractivity contribution is -0.146. The molecule has 0 heterocycles. The summed E-state index contributed by atoms with van der Waals surface area (Å²) in [6.07, 6.45) is 1.51. The van der Waals surface area contributed by atoms with Crippen LogP contribution in [0.25, 0.3) is 0 Å². The molecule has 0 aliphatic rings. The van der Waals surface area contributed by atoms with Gasteiger partial charge in [-0.1, -0.05) is 35.9 Å². The molecule has 0 bridgehead atoms. The Hall–Kier alpha value is -2.10. The monoisotopic (exact) mass is 275 g/mol. The van der Waals surface area contributed by atoms with Gasteiger partial charge in [0.05, 0.1) is 19.1 Å². The molecule has 0 spiro atoms. The molecule has 1 rings (SSSR count). The molecule has 0 fully saturated rings. The molecule has 0 saturated carbocycles. The lowest BCUT2D eigenvalue weighted by atomic mass is 9.94. The quantitative estimate of drug-likeness (QED) is 0.664. The normalized spacial score (nSPS) is 13.0. The maximum absolute atomic E-state index is 11.9. The largest absolute Gasteiger partial charge is 0.469 e. The Bertz CT molecular complexity index is 490. The fourth-order valence-corrected chi connectivity index (χ4v) is 1.94. The van der Waals surface area contributed by atoms with E-state index in [-0.39, 0.29) is 11.9 Å². The van der Waals surface area contributed by atoms with E-state index in [1.54, 1.807) is 6.92 Å². The first-order valence-corrected chi connectivity index (χ1v) is 6.54. The number of hydrogen-bond donors (Lipinski definition) is 1. The second-order valence-corrected chi connectivity index (χ2v) is 4.93. The molecular weight excluding hydrogens is 254 g/mol. The van der Waals surface area contributed by atoms with Crippen molar-refractivity contribution >= 4 is 11.9 Å². The number of hydrogen-bond acceptors (Lipinski definition) is 3. The maximum Gasteiger partial charge on any atom is 0.310 e. The van der Waals surface area contributed by atoms with Crippen LogP contribution in [0.15, 0.2) is 42.0 Å². The van der Waals surface area contributed by atoms with E-state index in [4.69, 9.17) is 4.74 Å². The first-order valence-electron chi connectivity index (χ1n) is 6.54. The summed E-state index contributed by atoms with van der Waals surface area (Å²) in [5.74, 6) is -1.03. The van der Waals surface area contributed by atoms with Gasteiger partial charge in [-0.25, -0.2) is 0 Å². The van der Waals surface area contributed by atoms with Crippen LogP contribution in [0, 0.1) is 5.92 Å². The van der Waals surface area contributed by atoms with Crippen molar-refractivity contribution in [3.63, 3.8) is 0 Å². The molecule has 0 aromatic heterocycles. The topological polar surface area (TPSA) is 55.4 Å². The van der Waals surface area contributed by atoms with E-state index < -0.39 is 12.0 Å². The van der Waals surface area contributed by atoms with Crippen molar-refractivity contribution in [3.05, 3.63) is 47.5 Å². The molecule has 1 amide bonds. The third-order valence-corrected chi connectivity index (χ3v) is 2.95. The van der Waals surface area contributed by atoms with Crippen LogP contribution < -0.4 is 5.32 Å². The minimum atomic E-state index is -0.461. The van der Waals surface area contributed by atoms with Gasteiger partial charge in [-0.05, 0) is 26.3 Å². The second-order valence-electron chi connectivity index (χ2n) is 4.93. The van der Waals surface area contributed by atoms with Gasteiger partial charge >= 0.3 is 5.97 Å². The molecule has 108 valence electrons. The number of rotatable bonds is 5. The molecule has 0 radical (unpaired) electrons. The summed E-state index contributed by atoms with van der Waals surface area (Å²) in [4.78, 5) is 23.7. The van der Waals surface area contributed by atoms with E-state index in [0.29, 0.717) is 0 Å². The second kappa shape index (κ2) is 7.48. The summed E-state index contributed by atoms with van der Waals surface area (Å²) in [7, 11) is 1.35. The van der Waals surface area contributed by atoms with Gasteiger partial charge in [-0.3, -0.25) is 9.59 Å². The van der Waals surface area contributed by atoms with Gasteiger partial charge in [0.1, 0.15) is 0 Å². The number of methoxy groups -OCH3 is 1. The van der Waals surface area contributed by atoms with Gasteiger partial charge in [0.15, 0.2) is 0 Å². The number of amides is 1. The van der Waals surface area contributed by atoms with Crippen molar-refractivity contribution in [1.82, 2.24) is 5.32 Å². The molecule has 1 aromatic rings. The minimum absolute atomic E-state index is 0.213. The molecule has 1 N–H and O–H groups in total. The van der Waals surface area contributed by atoms with Crippen molar-refractivity contribution < 1.29 is 14.3 Å². The van der Waals surface area contributed by atoms with Crippen LogP contribution in [-0.4, -0.2) is 19.0 Å². The Labute approximate surface area is 119 Å². The minimum Gasteiger partial charge on any atom is -0.469 e. The van der Waals surface area contributed by atoms with Crippen LogP contribution in [0.1, 0.15) is 32.4 Å². The van der Waals surface area contributed by atoms with E-state index in [2.05, 4.69) is 5.32 Å². The maximum atomic E-state index is 11.9. The highest BCUT2D eigenvalue weighted by molar-refractivity contribution is 5.89. The van der Waals surface area contributed by atoms with Crippen LogP contribution in [0.2, 0.25) is 0 Å². The molecular formula is C16H21NO3. The number of nitrogens with one attached hydrogen (secondary N) is 1. The third-order valence-electron chi connectivity index (χ3n) is 2.95. The fourth-order valence-electron chi connectivity index (χ4n) is 1.94. The summed E-state index contributed by atoms with van der Waals surface area (Å²) in [6.45, 7) is 5.44. The predicted molar refractivity (Wildman–Crippen MR) is 77.9 cm³/mol. The Kier molecular flexibility index (Phi) is 5.97. The summed E-state index contributed by atoms with van der Waals surface area (Å²) < 4.78 is 4.77. The van der Waals surface area contributed by atoms with Crippen LogP contribution in [-0.2, 0) is 14.3 Å². The van der Waals surface area contributed by atoms with Crippen LogP contribution in [0.5, 0.6) is 0 Å². The lowest BCUT2D eigenvalue weighted by Crippen LogP contribution is -2.35. The zero-order valence-corrected chi connectivity index (χ0v) is 12.3.